The number of nitrogens with one attached hydrogen (secondary N) is 2. The van der Waals surface area contributed by atoms with E-state index < -0.39 is 11.6 Å². The number of carbonyl (C=O) groups is 2. The molecule has 2 aromatic carbocycles. The van der Waals surface area contributed by atoms with Crippen molar-refractivity contribution in [2.24, 2.45) is 0 Å². The molecule has 28 heavy (non-hydrogen) atoms. The van der Waals surface area contributed by atoms with Crippen LogP contribution in [0.15, 0.2) is 52.3 Å². The summed E-state index contributed by atoms with van der Waals surface area (Å²) in [4.78, 5) is 28.2. The Kier molecular flexibility index (Phi) is 6.48. The van der Waals surface area contributed by atoms with E-state index in [0.717, 1.165) is 16.6 Å². The maximum absolute atomic E-state index is 13.3. The van der Waals surface area contributed by atoms with Gasteiger partial charge < -0.3 is 10.6 Å². The van der Waals surface area contributed by atoms with Crippen LogP contribution in [0, 0.1) is 11.6 Å². The molecule has 0 saturated heterocycles. The summed E-state index contributed by atoms with van der Waals surface area (Å²) in [5, 5.41) is 7.26. The number of benzene rings is 2. The number of rotatable bonds is 6. The lowest BCUT2D eigenvalue weighted by Crippen LogP contribution is -2.27. The molecule has 2 N–H and O–H groups in total. The molecule has 5 nitrogen and oxygen atoms in total. The van der Waals surface area contributed by atoms with Crippen LogP contribution >= 0.6 is 27.3 Å². The first-order valence-electron chi connectivity index (χ1n) is 8.17. The van der Waals surface area contributed by atoms with E-state index in [4.69, 9.17) is 0 Å². The second-order valence-corrected chi connectivity index (χ2v) is 7.50. The van der Waals surface area contributed by atoms with Crippen molar-refractivity contribution in [1.82, 2.24) is 10.3 Å². The minimum Gasteiger partial charge on any atom is -0.352 e. The van der Waals surface area contributed by atoms with Crippen molar-refractivity contribution in [1.29, 1.82) is 0 Å². The van der Waals surface area contributed by atoms with Gasteiger partial charge in [0.1, 0.15) is 0 Å². The lowest BCUT2D eigenvalue weighted by Gasteiger charge is -2.05. The third-order valence-corrected chi connectivity index (χ3v) is 5.00. The van der Waals surface area contributed by atoms with Crippen molar-refractivity contribution in [2.45, 2.75) is 6.42 Å². The molecule has 0 radical (unpaired) electrons. The monoisotopic (exact) mass is 465 g/mol. The fourth-order valence-corrected chi connectivity index (χ4v) is 3.29. The molecule has 0 bridgehead atoms. The van der Waals surface area contributed by atoms with Gasteiger partial charge in [-0.25, -0.2) is 13.8 Å². The minimum absolute atomic E-state index is 0.0718. The number of hydrogen-bond donors (Lipinski definition) is 2. The van der Waals surface area contributed by atoms with Crippen molar-refractivity contribution in [3.05, 3.63) is 69.5 Å². The molecule has 0 aliphatic heterocycles. The predicted octanol–water partition coefficient (Wildman–Crippen LogP) is 4.61. The first-order valence-corrected chi connectivity index (χ1v) is 9.84. The summed E-state index contributed by atoms with van der Waals surface area (Å²) in [6.07, 6.45) is 0.0718. The maximum atomic E-state index is 13.3. The van der Waals surface area contributed by atoms with Gasteiger partial charge in [-0.1, -0.05) is 15.9 Å². The largest absolute Gasteiger partial charge is 0.352 e. The fourth-order valence-electron chi connectivity index (χ4n) is 2.29. The highest BCUT2D eigenvalue weighted by molar-refractivity contribution is 9.10. The topological polar surface area (TPSA) is 71.1 Å². The number of carbonyl (C=O) groups excluding carboxylic acids is 2. The highest BCUT2D eigenvalue weighted by Crippen LogP contribution is 2.26. The summed E-state index contributed by atoms with van der Waals surface area (Å²) >= 11 is 4.47. The molecule has 0 atom stereocenters. The second kappa shape index (κ2) is 9.03. The molecule has 0 aliphatic carbocycles. The Hall–Kier alpha value is -2.65. The molecule has 2 amide bonds. The van der Waals surface area contributed by atoms with Crippen LogP contribution in [-0.4, -0.2) is 23.3 Å². The van der Waals surface area contributed by atoms with Crippen LogP contribution in [0.3, 0.4) is 0 Å². The van der Waals surface area contributed by atoms with Gasteiger partial charge in [0, 0.05) is 33.9 Å². The quantitative estimate of drug-likeness (QED) is 0.558. The molecule has 1 heterocycles. The highest BCUT2D eigenvalue weighted by Gasteiger charge is 2.11. The Morgan fingerprint density at radius 3 is 2.54 bits per heavy atom. The van der Waals surface area contributed by atoms with Crippen molar-refractivity contribution >= 4 is 44.2 Å². The first kappa shape index (κ1) is 20.1. The number of thiazole rings is 1. The van der Waals surface area contributed by atoms with E-state index in [1.807, 2.05) is 0 Å². The van der Waals surface area contributed by atoms with Crippen LogP contribution in [-0.2, 0) is 4.79 Å². The van der Waals surface area contributed by atoms with Crippen molar-refractivity contribution in [3.63, 3.8) is 0 Å². The van der Waals surface area contributed by atoms with Crippen LogP contribution in [0.4, 0.5) is 13.9 Å². The molecular weight excluding hydrogens is 452 g/mol. The molecule has 0 fully saturated rings. The second-order valence-electron chi connectivity index (χ2n) is 5.73. The Morgan fingerprint density at radius 1 is 1.07 bits per heavy atom. The van der Waals surface area contributed by atoms with Crippen LogP contribution in [0.1, 0.15) is 16.8 Å². The number of amides is 2. The summed E-state index contributed by atoms with van der Waals surface area (Å²) in [6, 6.07) is 10.4. The molecule has 0 aliphatic rings. The minimum atomic E-state index is -0.961. The van der Waals surface area contributed by atoms with Gasteiger partial charge in [-0.3, -0.25) is 9.59 Å². The molecule has 3 rings (SSSR count). The lowest BCUT2D eigenvalue weighted by atomic mass is 10.2. The normalized spacial score (nSPS) is 10.5. The smallest absolute Gasteiger partial charge is 0.251 e. The van der Waals surface area contributed by atoms with Gasteiger partial charge in [0.05, 0.1) is 5.69 Å². The van der Waals surface area contributed by atoms with Gasteiger partial charge in [0.2, 0.25) is 5.91 Å². The van der Waals surface area contributed by atoms with Crippen molar-refractivity contribution in [2.75, 3.05) is 11.9 Å². The Bertz CT molecular complexity index is 1010. The molecule has 3 aromatic rings. The third-order valence-electron chi connectivity index (χ3n) is 3.71. The van der Waals surface area contributed by atoms with E-state index in [1.165, 1.54) is 17.4 Å². The Balaban J connectivity index is 1.50. The van der Waals surface area contributed by atoms with Gasteiger partial charge in [0.25, 0.3) is 5.91 Å². The Labute approximate surface area is 171 Å². The lowest BCUT2D eigenvalue weighted by molar-refractivity contribution is -0.116. The van der Waals surface area contributed by atoms with Gasteiger partial charge in [-0.15, -0.1) is 11.3 Å². The summed E-state index contributed by atoms with van der Waals surface area (Å²) in [7, 11) is 0. The van der Waals surface area contributed by atoms with Crippen LogP contribution in [0.5, 0.6) is 0 Å². The van der Waals surface area contributed by atoms with Gasteiger partial charge >= 0.3 is 0 Å². The van der Waals surface area contributed by atoms with E-state index in [0.29, 0.717) is 22.0 Å². The van der Waals surface area contributed by atoms with Gasteiger partial charge in [-0.05, 0) is 42.5 Å². The van der Waals surface area contributed by atoms with E-state index in [9.17, 15) is 18.4 Å². The zero-order chi connectivity index (χ0) is 20.1. The standard InChI is InChI=1S/C19H14BrF2N3O2S/c20-13-4-1-11(2-5-13)18(27)23-8-7-17(26)25-19-24-16(10-28-19)12-3-6-14(21)15(22)9-12/h1-6,9-10H,7-8H2,(H,23,27)(H,24,25,26). The Morgan fingerprint density at radius 2 is 1.82 bits per heavy atom. The highest BCUT2D eigenvalue weighted by atomic mass is 79.9. The summed E-state index contributed by atoms with van der Waals surface area (Å²) < 4.78 is 27.2. The number of nitrogens with zero attached hydrogens (tertiary/aromatic N) is 1. The zero-order valence-electron chi connectivity index (χ0n) is 14.3. The average molecular weight is 466 g/mol. The van der Waals surface area contributed by atoms with Crippen molar-refractivity contribution in [3.8, 4) is 11.3 Å². The zero-order valence-corrected chi connectivity index (χ0v) is 16.7. The third kappa shape index (κ3) is 5.20. The van der Waals surface area contributed by atoms with Gasteiger partial charge in [-0.2, -0.15) is 0 Å². The summed E-state index contributed by atoms with van der Waals surface area (Å²) in [5.74, 6) is -2.48. The SMILES string of the molecule is O=C(CCNC(=O)c1ccc(Br)cc1)Nc1nc(-c2ccc(F)c(F)c2)cs1. The van der Waals surface area contributed by atoms with E-state index in [-0.39, 0.29) is 24.8 Å². The molecule has 0 saturated carbocycles. The molecule has 144 valence electrons. The molecule has 9 heteroatoms. The molecule has 1 aromatic heterocycles. The van der Waals surface area contributed by atoms with Crippen LogP contribution in [0.25, 0.3) is 11.3 Å². The molecular formula is C19H14BrF2N3O2S. The number of anilines is 1. The fraction of sp³-hybridized carbons (Fsp3) is 0.105. The van der Waals surface area contributed by atoms with E-state index >= 15 is 0 Å². The van der Waals surface area contributed by atoms with E-state index in [2.05, 4.69) is 31.5 Å². The first-order chi connectivity index (χ1) is 13.4. The van der Waals surface area contributed by atoms with Gasteiger partial charge in [0.15, 0.2) is 16.8 Å². The van der Waals surface area contributed by atoms with E-state index in [1.54, 1.807) is 29.6 Å². The maximum Gasteiger partial charge on any atom is 0.251 e. The molecule has 0 spiro atoms. The number of halogens is 3. The summed E-state index contributed by atoms with van der Waals surface area (Å²) in [6.45, 7) is 0.169. The average Bonchev–Trinajstić information content (AvgIpc) is 3.12. The predicted molar refractivity (Wildman–Crippen MR) is 107 cm³/mol. The number of hydrogen-bond acceptors (Lipinski definition) is 4. The van der Waals surface area contributed by atoms with Crippen LogP contribution < -0.4 is 10.6 Å². The summed E-state index contributed by atoms with van der Waals surface area (Å²) in [5.41, 5.74) is 1.35. The van der Waals surface area contributed by atoms with Crippen LogP contribution in [0.2, 0.25) is 0 Å². The molecule has 0 unspecified atom stereocenters. The van der Waals surface area contributed by atoms with Crippen molar-refractivity contribution < 1.29 is 18.4 Å². The number of aromatic nitrogens is 1.